The highest BCUT2D eigenvalue weighted by atomic mass is 16.5. The molecular weight excluding hydrogens is 404 g/mol. The summed E-state index contributed by atoms with van der Waals surface area (Å²) in [6.45, 7) is 3.05. The van der Waals surface area contributed by atoms with Crippen LogP contribution in [-0.4, -0.2) is 11.6 Å². The molecule has 33 heavy (non-hydrogen) atoms. The summed E-state index contributed by atoms with van der Waals surface area (Å²) < 4.78 is 6.17. The molecule has 0 fully saturated rings. The van der Waals surface area contributed by atoms with Gasteiger partial charge in [0.2, 0.25) is 0 Å². The molecule has 0 aliphatic heterocycles. The van der Waals surface area contributed by atoms with Crippen LogP contribution in [0.4, 0.5) is 5.69 Å². The average molecular weight is 449 g/mol. The molecule has 0 bridgehead atoms. The summed E-state index contributed by atoms with van der Waals surface area (Å²) >= 11 is 0. The number of hydrogen-bond acceptors (Lipinski definition) is 2. The van der Waals surface area contributed by atoms with Crippen molar-refractivity contribution in [2.75, 3.05) is 12.3 Å². The molecule has 0 aliphatic carbocycles. The van der Waals surface area contributed by atoms with Crippen molar-refractivity contribution >= 4 is 16.6 Å². The van der Waals surface area contributed by atoms with Crippen molar-refractivity contribution < 1.29 is 4.74 Å². The third kappa shape index (κ3) is 8.14. The molecule has 0 saturated heterocycles. The van der Waals surface area contributed by atoms with Gasteiger partial charge in [-0.1, -0.05) is 121 Å². The number of hydrogen-bond donors (Lipinski definition) is 2. The van der Waals surface area contributed by atoms with Gasteiger partial charge in [-0.15, -0.1) is 0 Å². The van der Waals surface area contributed by atoms with E-state index < -0.39 is 0 Å². The largest absolute Gasteiger partial charge is 0.493 e. The Bertz CT molecular complexity index is 930. The summed E-state index contributed by atoms with van der Waals surface area (Å²) in [6.07, 6.45) is 19.2. The van der Waals surface area contributed by atoms with E-state index in [-0.39, 0.29) is 0 Å². The van der Waals surface area contributed by atoms with Gasteiger partial charge in [-0.2, -0.15) is 0 Å². The molecule has 1 aromatic heterocycles. The monoisotopic (exact) mass is 448 g/mol. The van der Waals surface area contributed by atoms with E-state index >= 15 is 0 Å². The molecule has 3 N–H and O–H groups in total. The Morgan fingerprint density at radius 3 is 1.85 bits per heavy atom. The third-order valence-electron chi connectivity index (χ3n) is 6.66. The van der Waals surface area contributed by atoms with Crippen molar-refractivity contribution in [1.29, 1.82) is 0 Å². The first kappa shape index (κ1) is 25.2. The van der Waals surface area contributed by atoms with Crippen LogP contribution in [0.5, 0.6) is 5.75 Å². The third-order valence-corrected chi connectivity index (χ3v) is 6.66. The smallest absolute Gasteiger partial charge is 0.128 e. The number of nitrogens with one attached hydrogen (secondary N) is 1. The molecule has 0 saturated carbocycles. The fourth-order valence-electron chi connectivity index (χ4n) is 4.65. The fraction of sp³-hybridized carbons (Fsp3) is 0.533. The summed E-state index contributed by atoms with van der Waals surface area (Å²) in [5.74, 6) is 0.908. The van der Waals surface area contributed by atoms with Crippen molar-refractivity contribution in [2.45, 2.75) is 96.8 Å². The number of nitrogens with two attached hydrogens (primary N) is 1. The van der Waals surface area contributed by atoms with Crippen molar-refractivity contribution in [3.8, 4) is 17.0 Å². The van der Waals surface area contributed by atoms with E-state index in [0.717, 1.165) is 46.6 Å². The van der Waals surface area contributed by atoms with Gasteiger partial charge >= 0.3 is 0 Å². The lowest BCUT2D eigenvalue weighted by Crippen LogP contribution is -1.99. The van der Waals surface area contributed by atoms with Crippen LogP contribution in [0.1, 0.15) is 96.8 Å². The minimum Gasteiger partial charge on any atom is -0.493 e. The average Bonchev–Trinajstić information content (AvgIpc) is 3.18. The molecular formula is C30H44N2O. The Labute approximate surface area is 201 Å². The Kier molecular flexibility index (Phi) is 11.2. The number of anilines is 1. The summed E-state index contributed by atoms with van der Waals surface area (Å²) in [6, 6.07) is 16.4. The summed E-state index contributed by atoms with van der Waals surface area (Å²) in [5, 5.41) is 1.06. The van der Waals surface area contributed by atoms with Crippen LogP contribution in [0.15, 0.2) is 48.5 Å². The van der Waals surface area contributed by atoms with Crippen LogP contribution < -0.4 is 10.5 Å². The van der Waals surface area contributed by atoms with Crippen molar-refractivity contribution in [2.24, 2.45) is 0 Å². The molecule has 3 aromatic rings. The number of fused-ring (bicyclic) bond motifs is 1. The summed E-state index contributed by atoms with van der Waals surface area (Å²) in [4.78, 5) is 3.47. The van der Waals surface area contributed by atoms with E-state index in [1.807, 2.05) is 30.3 Å². The van der Waals surface area contributed by atoms with E-state index in [4.69, 9.17) is 10.5 Å². The van der Waals surface area contributed by atoms with Crippen molar-refractivity contribution in [3.63, 3.8) is 0 Å². The van der Waals surface area contributed by atoms with E-state index in [0.29, 0.717) is 0 Å². The van der Waals surface area contributed by atoms with Gasteiger partial charge in [0.15, 0.2) is 0 Å². The maximum absolute atomic E-state index is 6.44. The molecule has 0 amide bonds. The lowest BCUT2D eigenvalue weighted by Gasteiger charge is -2.11. The van der Waals surface area contributed by atoms with Crippen LogP contribution in [0, 0.1) is 0 Å². The van der Waals surface area contributed by atoms with E-state index in [9.17, 15) is 0 Å². The molecule has 0 aliphatic rings. The number of rotatable bonds is 17. The Balaban J connectivity index is 1.29. The number of H-pyrrole nitrogens is 1. The Morgan fingerprint density at radius 2 is 1.21 bits per heavy atom. The lowest BCUT2D eigenvalue weighted by atomic mass is 10.0. The molecule has 3 rings (SSSR count). The Hall–Kier alpha value is -2.42. The topological polar surface area (TPSA) is 51.0 Å². The van der Waals surface area contributed by atoms with Crippen LogP contribution in [-0.2, 0) is 0 Å². The van der Waals surface area contributed by atoms with Crippen LogP contribution in [0.25, 0.3) is 22.2 Å². The Morgan fingerprint density at radius 1 is 0.667 bits per heavy atom. The first-order valence-corrected chi connectivity index (χ1v) is 13.4. The molecule has 0 atom stereocenters. The van der Waals surface area contributed by atoms with Gasteiger partial charge in [0.25, 0.3) is 0 Å². The maximum atomic E-state index is 6.44. The normalized spacial score (nSPS) is 11.3. The second-order valence-corrected chi connectivity index (χ2v) is 9.40. The van der Waals surface area contributed by atoms with Crippen LogP contribution in [0.3, 0.4) is 0 Å². The second-order valence-electron chi connectivity index (χ2n) is 9.40. The highest BCUT2D eigenvalue weighted by molar-refractivity contribution is 6.00. The lowest BCUT2D eigenvalue weighted by molar-refractivity contribution is 0.305. The summed E-state index contributed by atoms with van der Waals surface area (Å²) in [5.41, 5.74) is 10.3. The van der Waals surface area contributed by atoms with Gasteiger partial charge in [0.1, 0.15) is 5.75 Å². The quantitative estimate of drug-likeness (QED) is 0.202. The zero-order valence-electron chi connectivity index (χ0n) is 20.7. The molecule has 0 unspecified atom stereocenters. The molecule has 180 valence electrons. The van der Waals surface area contributed by atoms with E-state index in [1.54, 1.807) is 0 Å². The van der Waals surface area contributed by atoms with Gasteiger partial charge in [-0.3, -0.25) is 0 Å². The molecule has 3 nitrogen and oxygen atoms in total. The van der Waals surface area contributed by atoms with E-state index in [2.05, 4.69) is 30.1 Å². The minimum atomic E-state index is 0.759. The highest BCUT2D eigenvalue weighted by Gasteiger charge is 2.14. The maximum Gasteiger partial charge on any atom is 0.128 e. The van der Waals surface area contributed by atoms with Gasteiger partial charge in [-0.25, -0.2) is 0 Å². The van der Waals surface area contributed by atoms with Crippen molar-refractivity contribution in [3.05, 3.63) is 48.5 Å². The molecule has 0 spiro atoms. The number of ether oxygens (including phenoxy) is 1. The van der Waals surface area contributed by atoms with Gasteiger partial charge in [0.05, 0.1) is 18.0 Å². The van der Waals surface area contributed by atoms with Crippen LogP contribution in [0.2, 0.25) is 0 Å². The summed E-state index contributed by atoms with van der Waals surface area (Å²) in [7, 11) is 0. The fourth-order valence-corrected chi connectivity index (χ4v) is 4.65. The van der Waals surface area contributed by atoms with Gasteiger partial charge < -0.3 is 15.5 Å². The number of aromatic amines is 1. The predicted octanol–water partition coefficient (Wildman–Crippen LogP) is 9.28. The first-order chi connectivity index (χ1) is 16.3. The van der Waals surface area contributed by atoms with Gasteiger partial charge in [0, 0.05) is 16.5 Å². The minimum absolute atomic E-state index is 0.759. The first-order valence-electron chi connectivity index (χ1n) is 13.4. The SMILES string of the molecule is CCCCCCCCCCCCCCCCOc1ccccc1-c1[nH]c2ccccc2c1N. The van der Waals surface area contributed by atoms with Crippen LogP contribution >= 0.6 is 0 Å². The second kappa shape index (κ2) is 14.7. The number of benzene rings is 2. The molecule has 2 aromatic carbocycles. The number of nitrogen functional groups attached to an aromatic ring is 1. The number of para-hydroxylation sites is 2. The van der Waals surface area contributed by atoms with Crippen molar-refractivity contribution in [1.82, 2.24) is 4.98 Å². The molecule has 3 heteroatoms. The van der Waals surface area contributed by atoms with E-state index in [1.165, 1.54) is 83.5 Å². The number of unbranched alkanes of at least 4 members (excludes halogenated alkanes) is 13. The highest BCUT2D eigenvalue weighted by Crippen LogP contribution is 2.37. The standard InChI is InChI=1S/C30H44N2O/c1-2-3-4-5-6-7-8-9-10-11-12-13-14-19-24-33-28-23-18-16-21-26(28)30-29(31)25-20-15-17-22-27(25)32-30/h15-18,20-23,32H,2-14,19,24,31H2,1H3. The predicted molar refractivity (Wildman–Crippen MR) is 144 cm³/mol. The molecule has 1 heterocycles. The number of aromatic nitrogens is 1. The molecule has 0 radical (unpaired) electrons. The zero-order chi connectivity index (χ0) is 23.1. The zero-order valence-corrected chi connectivity index (χ0v) is 20.7. The van der Waals surface area contributed by atoms with Gasteiger partial charge in [-0.05, 0) is 24.6 Å².